The van der Waals surface area contributed by atoms with Crippen LogP contribution in [0.5, 0.6) is 0 Å². The molecular weight excluding hydrogens is 710 g/mol. The fourth-order valence-electron chi connectivity index (χ4n) is 8.30. The van der Waals surface area contributed by atoms with Crippen molar-refractivity contribution >= 4 is 17.8 Å². The van der Waals surface area contributed by atoms with Crippen LogP contribution in [0.15, 0.2) is 30.6 Å². The van der Waals surface area contributed by atoms with E-state index in [1.165, 1.54) is 6.92 Å². The van der Waals surface area contributed by atoms with Crippen molar-refractivity contribution < 1.29 is 43.2 Å². The molecule has 3 saturated heterocycles. The van der Waals surface area contributed by atoms with Gasteiger partial charge in [0.25, 0.3) is 0 Å². The molecule has 3 aliphatic rings. The van der Waals surface area contributed by atoms with E-state index in [4.69, 9.17) is 29.4 Å². The lowest BCUT2D eigenvalue weighted by Crippen LogP contribution is -2.61. The molecule has 3 unspecified atom stereocenters. The first-order valence-electron chi connectivity index (χ1n) is 19.7. The summed E-state index contributed by atoms with van der Waals surface area (Å²) in [5, 5.41) is 23.1. The maximum absolute atomic E-state index is 13.9. The summed E-state index contributed by atoms with van der Waals surface area (Å²) < 4.78 is 32.5. The van der Waals surface area contributed by atoms with E-state index in [0.717, 1.165) is 12.1 Å². The number of unbranched alkanes of at least 4 members (excludes halogenated alkanes) is 1. The molecule has 0 radical (unpaired) electrons. The van der Waals surface area contributed by atoms with Crippen LogP contribution in [0.3, 0.4) is 0 Å². The minimum Gasteiger partial charge on any atom is -0.458 e. The SMILES string of the molecule is CC[C@H]1OC(=O)C(C)C(=O)C[C@@H](O[C@@H]2O[C@H](C)CC(N)C2O)[C@](C)(OC)C[C@@H](C)CN[C@H](C)[C@H]2N(CCCCn3cc(-c4ccccn4)nn3)C(=O)O[C@]12C. The summed E-state index contributed by atoms with van der Waals surface area (Å²) in [5.41, 5.74) is 5.38. The van der Waals surface area contributed by atoms with E-state index < -0.39 is 71.7 Å². The fourth-order valence-corrected chi connectivity index (χ4v) is 8.30. The van der Waals surface area contributed by atoms with Gasteiger partial charge in [0.05, 0.1) is 35.7 Å². The third-order valence-corrected chi connectivity index (χ3v) is 11.6. The van der Waals surface area contributed by atoms with Crippen molar-refractivity contribution in [3.63, 3.8) is 0 Å². The minimum absolute atomic E-state index is 0.00854. The number of rotatable bonds is 10. The number of ketones is 1. The van der Waals surface area contributed by atoms with Crippen molar-refractivity contribution in [1.29, 1.82) is 0 Å². The quantitative estimate of drug-likeness (QED) is 0.181. The number of fused-ring (bicyclic) bond motifs is 1. The number of aromatic nitrogens is 4. The Morgan fingerprint density at radius 1 is 1.09 bits per heavy atom. The van der Waals surface area contributed by atoms with Gasteiger partial charge in [0.2, 0.25) is 0 Å². The minimum atomic E-state index is -1.22. The van der Waals surface area contributed by atoms with Crippen LogP contribution in [0, 0.1) is 11.8 Å². The summed E-state index contributed by atoms with van der Waals surface area (Å²) in [4.78, 5) is 47.5. The number of Topliss-reactive ketones (excluding diaryl/α,β-unsaturated/α-hetero) is 1. The van der Waals surface area contributed by atoms with E-state index in [1.807, 2.05) is 59.0 Å². The van der Waals surface area contributed by atoms with Crippen LogP contribution in [0.4, 0.5) is 4.79 Å². The van der Waals surface area contributed by atoms with E-state index in [-0.39, 0.29) is 24.5 Å². The van der Waals surface area contributed by atoms with Gasteiger partial charge < -0.3 is 39.8 Å². The van der Waals surface area contributed by atoms with Gasteiger partial charge in [-0.1, -0.05) is 25.1 Å². The van der Waals surface area contributed by atoms with Gasteiger partial charge in [-0.25, -0.2) is 4.79 Å². The van der Waals surface area contributed by atoms with Crippen LogP contribution < -0.4 is 11.1 Å². The number of carbonyl (C=O) groups excluding carboxylic acids is 3. The topological polar surface area (TPSA) is 202 Å². The van der Waals surface area contributed by atoms with Crippen molar-refractivity contribution in [2.45, 2.75) is 154 Å². The summed E-state index contributed by atoms with van der Waals surface area (Å²) in [7, 11) is 1.56. The normalized spacial score (nSPS) is 36.8. The summed E-state index contributed by atoms with van der Waals surface area (Å²) >= 11 is 0. The zero-order valence-corrected chi connectivity index (χ0v) is 33.6. The van der Waals surface area contributed by atoms with Crippen LogP contribution in [0.1, 0.15) is 87.0 Å². The van der Waals surface area contributed by atoms with Crippen LogP contribution in [-0.2, 0) is 39.8 Å². The monoisotopic (exact) mass is 771 g/mol. The van der Waals surface area contributed by atoms with Crippen LogP contribution in [0.25, 0.3) is 11.4 Å². The van der Waals surface area contributed by atoms with Gasteiger partial charge in [-0.15, -0.1) is 5.10 Å². The molecule has 3 aliphatic heterocycles. The zero-order valence-electron chi connectivity index (χ0n) is 33.6. The van der Waals surface area contributed by atoms with E-state index in [0.29, 0.717) is 51.0 Å². The average Bonchev–Trinajstić information content (AvgIpc) is 3.73. The van der Waals surface area contributed by atoms with Gasteiger partial charge >= 0.3 is 12.1 Å². The standard InChI is InChI=1S/C39H61N7O9/c1-9-31-39(7)34(46(37(50)55-39)17-13-12-16-45-22-29(43-44-45)28-14-10-11-15-41-28)26(5)42-21-23(2)20-38(6,51-8)32(19-30(47)25(4)35(49)53-31)54-36-33(48)27(40)18-24(3)52-36/h10-11,14-15,22-27,31-34,36,42,48H,9,12-13,16-21,40H2,1-8H3/t23-,24-,25?,26-,27?,31-,32-,33?,34-,36+,38-,39-/m1/s1. The number of aliphatic hydroxyl groups excluding tert-OH is 1. The zero-order chi connectivity index (χ0) is 40.1. The molecule has 0 bridgehead atoms. The Kier molecular flexibility index (Phi) is 14.1. The highest BCUT2D eigenvalue weighted by Crippen LogP contribution is 2.39. The lowest BCUT2D eigenvalue weighted by Gasteiger charge is -2.43. The Labute approximate surface area is 324 Å². The number of esters is 1. The summed E-state index contributed by atoms with van der Waals surface area (Å²) in [5.74, 6) is -2.32. The number of nitrogens with two attached hydrogens (primary N) is 1. The Hall–Kier alpha value is -3.54. The lowest BCUT2D eigenvalue weighted by molar-refractivity contribution is -0.282. The number of ether oxygens (including phenoxy) is 5. The number of hydrogen-bond acceptors (Lipinski definition) is 14. The summed E-state index contributed by atoms with van der Waals surface area (Å²) in [6.45, 7) is 14.5. The van der Waals surface area contributed by atoms with E-state index in [1.54, 1.807) is 22.9 Å². The van der Waals surface area contributed by atoms with Gasteiger partial charge in [0.15, 0.2) is 11.9 Å². The van der Waals surface area contributed by atoms with Gasteiger partial charge in [-0.2, -0.15) is 0 Å². The molecule has 16 nitrogen and oxygen atoms in total. The molecule has 16 heteroatoms. The summed E-state index contributed by atoms with van der Waals surface area (Å²) in [6.07, 6.45) is 1.30. The number of cyclic esters (lactones) is 1. The molecule has 0 saturated carbocycles. The van der Waals surface area contributed by atoms with Crippen molar-refractivity contribution in [2.24, 2.45) is 17.6 Å². The number of methoxy groups -OCH3 is 1. The first-order chi connectivity index (χ1) is 26.1. The maximum Gasteiger partial charge on any atom is 0.410 e. The Bertz CT molecular complexity index is 1600. The second-order valence-corrected chi connectivity index (χ2v) is 16.1. The van der Waals surface area contributed by atoms with Crippen LogP contribution >= 0.6 is 0 Å². The van der Waals surface area contributed by atoms with Crippen molar-refractivity contribution in [3.05, 3.63) is 30.6 Å². The molecule has 55 heavy (non-hydrogen) atoms. The van der Waals surface area contributed by atoms with Crippen LogP contribution in [-0.4, -0.2) is 128 Å². The van der Waals surface area contributed by atoms with Gasteiger partial charge in [0.1, 0.15) is 29.6 Å². The smallest absolute Gasteiger partial charge is 0.410 e. The first-order valence-corrected chi connectivity index (χ1v) is 19.7. The van der Waals surface area contributed by atoms with E-state index >= 15 is 0 Å². The van der Waals surface area contributed by atoms with Crippen molar-refractivity contribution in [3.8, 4) is 11.4 Å². The maximum atomic E-state index is 13.9. The summed E-state index contributed by atoms with van der Waals surface area (Å²) in [6, 6.07) is 4.26. The predicted octanol–water partition coefficient (Wildman–Crippen LogP) is 3.25. The van der Waals surface area contributed by atoms with Gasteiger partial charge in [-0.05, 0) is 91.3 Å². The highest BCUT2D eigenvalue weighted by Gasteiger charge is 2.58. The highest BCUT2D eigenvalue weighted by molar-refractivity contribution is 5.99. The number of aliphatic hydroxyl groups is 1. The molecule has 5 heterocycles. The molecular formula is C39H61N7O9. The third-order valence-electron chi connectivity index (χ3n) is 11.6. The van der Waals surface area contributed by atoms with Crippen LogP contribution in [0.2, 0.25) is 0 Å². The second kappa shape index (κ2) is 18.2. The first kappa shape index (κ1) is 42.6. The molecule has 0 aromatic carbocycles. The lowest BCUT2D eigenvalue weighted by atomic mass is 9.83. The van der Waals surface area contributed by atoms with Crippen molar-refractivity contribution in [2.75, 3.05) is 20.2 Å². The molecule has 0 aliphatic carbocycles. The largest absolute Gasteiger partial charge is 0.458 e. The Morgan fingerprint density at radius 2 is 1.84 bits per heavy atom. The second-order valence-electron chi connectivity index (χ2n) is 16.1. The van der Waals surface area contributed by atoms with Crippen molar-refractivity contribution in [1.82, 2.24) is 30.2 Å². The van der Waals surface area contributed by atoms with Gasteiger partial charge in [-0.3, -0.25) is 24.2 Å². The number of carbonyl (C=O) groups is 3. The number of nitrogens with one attached hydrogen (secondary N) is 1. The number of nitrogens with zero attached hydrogens (tertiary/aromatic N) is 5. The molecule has 2 aromatic rings. The molecule has 4 N–H and O–H groups in total. The fraction of sp³-hybridized carbons (Fsp3) is 0.744. The molecule has 3 fully saturated rings. The Morgan fingerprint density at radius 3 is 2.53 bits per heavy atom. The number of hydrogen-bond donors (Lipinski definition) is 3. The van der Waals surface area contributed by atoms with E-state index in [2.05, 4.69) is 27.5 Å². The van der Waals surface area contributed by atoms with E-state index in [9.17, 15) is 19.5 Å². The molecule has 5 rings (SSSR count). The molecule has 0 spiro atoms. The number of amides is 1. The third kappa shape index (κ3) is 9.71. The molecule has 2 aromatic heterocycles. The molecule has 12 atom stereocenters. The number of pyridine rings is 1. The van der Waals surface area contributed by atoms with Gasteiger partial charge in [0, 0.05) is 44.9 Å². The average molecular weight is 772 g/mol. The Balaban J connectivity index is 1.35. The molecule has 1 amide bonds. The number of aryl methyl sites for hydroxylation is 1. The molecule has 306 valence electrons. The predicted molar refractivity (Wildman–Crippen MR) is 201 cm³/mol. The highest BCUT2D eigenvalue weighted by atomic mass is 16.7.